The van der Waals surface area contributed by atoms with Gasteiger partial charge in [0.05, 0.1) is 12.7 Å². The van der Waals surface area contributed by atoms with Gasteiger partial charge in [0.15, 0.2) is 0 Å². The predicted molar refractivity (Wildman–Crippen MR) is 63.9 cm³/mol. The maximum Gasteiger partial charge on any atom is 0.0787 e. The van der Waals surface area contributed by atoms with Crippen LogP contribution in [0.4, 0.5) is 0 Å². The van der Waals surface area contributed by atoms with Gasteiger partial charge in [-0.05, 0) is 30.2 Å². The average molecular weight is 217 g/mol. The molecule has 2 nitrogen and oxygen atoms in total. The summed E-state index contributed by atoms with van der Waals surface area (Å²) in [6, 6.07) is 10.6. The lowest BCUT2D eigenvalue weighted by molar-refractivity contribution is -0.170. The van der Waals surface area contributed by atoms with Crippen molar-refractivity contribution in [2.45, 2.75) is 44.4 Å². The number of ether oxygens (including phenoxy) is 1. The molecule has 0 amide bonds. The molecule has 2 unspecified atom stereocenters. The van der Waals surface area contributed by atoms with Crippen molar-refractivity contribution in [3.8, 4) is 0 Å². The minimum atomic E-state index is 0.268. The second-order valence-corrected chi connectivity index (χ2v) is 5.30. The molecule has 3 rings (SSSR count). The lowest BCUT2D eigenvalue weighted by Crippen LogP contribution is -2.64. The molecule has 2 aliphatic rings. The van der Waals surface area contributed by atoms with Gasteiger partial charge in [0, 0.05) is 6.04 Å². The molecule has 0 aliphatic heterocycles. The molecule has 1 aromatic rings. The Bertz CT molecular complexity index is 358. The van der Waals surface area contributed by atoms with Crippen molar-refractivity contribution in [1.29, 1.82) is 0 Å². The molecule has 0 bridgehead atoms. The Morgan fingerprint density at radius 1 is 1.25 bits per heavy atom. The minimum absolute atomic E-state index is 0.268. The third-order valence-electron chi connectivity index (χ3n) is 4.26. The molecule has 2 fully saturated rings. The monoisotopic (exact) mass is 217 g/mol. The number of hydrogen-bond donors (Lipinski definition) is 1. The molecule has 86 valence electrons. The zero-order valence-corrected chi connectivity index (χ0v) is 9.56. The Hall–Kier alpha value is -0.860. The van der Waals surface area contributed by atoms with E-state index in [0.29, 0.717) is 18.1 Å². The first-order valence-electron chi connectivity index (χ1n) is 6.21. The van der Waals surface area contributed by atoms with Crippen molar-refractivity contribution in [3.05, 3.63) is 35.9 Å². The molecule has 0 radical (unpaired) electrons. The van der Waals surface area contributed by atoms with Crippen molar-refractivity contribution < 1.29 is 4.74 Å². The van der Waals surface area contributed by atoms with E-state index in [9.17, 15) is 0 Å². The van der Waals surface area contributed by atoms with E-state index in [1.807, 2.05) is 6.07 Å². The lowest BCUT2D eigenvalue weighted by Gasteiger charge is -2.58. The third kappa shape index (κ3) is 1.57. The van der Waals surface area contributed by atoms with Crippen LogP contribution in [0, 0.1) is 5.41 Å². The van der Waals surface area contributed by atoms with Crippen molar-refractivity contribution >= 4 is 0 Å². The van der Waals surface area contributed by atoms with Crippen LogP contribution < -0.4 is 5.73 Å². The molecule has 2 atom stereocenters. The van der Waals surface area contributed by atoms with Gasteiger partial charge in [-0.2, -0.15) is 0 Å². The topological polar surface area (TPSA) is 35.2 Å². The molecule has 1 spiro atoms. The lowest BCUT2D eigenvalue weighted by atomic mass is 9.52. The summed E-state index contributed by atoms with van der Waals surface area (Å²) in [5.41, 5.74) is 7.76. The Morgan fingerprint density at radius 2 is 2.00 bits per heavy atom. The molecule has 2 heteroatoms. The minimum Gasteiger partial charge on any atom is -0.371 e. The van der Waals surface area contributed by atoms with E-state index in [-0.39, 0.29) is 6.04 Å². The van der Waals surface area contributed by atoms with Gasteiger partial charge in [0.25, 0.3) is 0 Å². The first-order chi connectivity index (χ1) is 7.80. The highest BCUT2D eigenvalue weighted by Gasteiger charge is 2.56. The highest BCUT2D eigenvalue weighted by atomic mass is 16.5. The van der Waals surface area contributed by atoms with E-state index >= 15 is 0 Å². The molecule has 2 N–H and O–H groups in total. The third-order valence-corrected chi connectivity index (χ3v) is 4.26. The Labute approximate surface area is 96.8 Å². The van der Waals surface area contributed by atoms with Gasteiger partial charge in [-0.1, -0.05) is 36.8 Å². The first kappa shape index (κ1) is 10.3. The van der Waals surface area contributed by atoms with Gasteiger partial charge in [-0.15, -0.1) is 0 Å². The second kappa shape index (κ2) is 3.86. The molecule has 2 aliphatic carbocycles. The number of hydrogen-bond acceptors (Lipinski definition) is 2. The van der Waals surface area contributed by atoms with Gasteiger partial charge >= 0.3 is 0 Å². The van der Waals surface area contributed by atoms with Crippen molar-refractivity contribution in [3.63, 3.8) is 0 Å². The van der Waals surface area contributed by atoms with E-state index in [2.05, 4.69) is 24.3 Å². The summed E-state index contributed by atoms with van der Waals surface area (Å²) in [6.07, 6.45) is 5.48. The predicted octanol–water partition coefficient (Wildman–Crippen LogP) is 2.47. The molecule has 0 heterocycles. The number of benzene rings is 1. The van der Waals surface area contributed by atoms with E-state index in [4.69, 9.17) is 10.5 Å². The number of rotatable bonds is 3. The van der Waals surface area contributed by atoms with Crippen LogP contribution in [0.3, 0.4) is 0 Å². The maximum absolute atomic E-state index is 6.05. The van der Waals surface area contributed by atoms with E-state index in [0.717, 1.165) is 0 Å². The van der Waals surface area contributed by atoms with Gasteiger partial charge < -0.3 is 10.5 Å². The largest absolute Gasteiger partial charge is 0.371 e. The van der Waals surface area contributed by atoms with Crippen LogP contribution in [0.15, 0.2) is 30.3 Å². The van der Waals surface area contributed by atoms with Crippen LogP contribution in [-0.2, 0) is 11.3 Å². The summed E-state index contributed by atoms with van der Waals surface area (Å²) < 4.78 is 6.01. The Balaban J connectivity index is 1.59. The van der Waals surface area contributed by atoms with Crippen molar-refractivity contribution in [1.82, 2.24) is 0 Å². The summed E-state index contributed by atoms with van der Waals surface area (Å²) in [5, 5.41) is 0. The van der Waals surface area contributed by atoms with Crippen LogP contribution in [0.5, 0.6) is 0 Å². The normalized spacial score (nSPS) is 30.8. The van der Waals surface area contributed by atoms with Crippen LogP contribution in [0.25, 0.3) is 0 Å². The summed E-state index contributed by atoms with van der Waals surface area (Å²) in [4.78, 5) is 0. The van der Waals surface area contributed by atoms with E-state index in [1.54, 1.807) is 0 Å². The quantitative estimate of drug-likeness (QED) is 0.844. The molecule has 0 aromatic heterocycles. The summed E-state index contributed by atoms with van der Waals surface area (Å²) in [6.45, 7) is 0.709. The van der Waals surface area contributed by atoms with Crippen LogP contribution in [-0.4, -0.2) is 12.1 Å². The fourth-order valence-electron chi connectivity index (χ4n) is 3.17. The SMILES string of the molecule is NC1CC2(CCC2)C1OCc1ccccc1. The number of nitrogens with two attached hydrogens (primary N) is 1. The summed E-state index contributed by atoms with van der Waals surface area (Å²) >= 11 is 0. The molecular weight excluding hydrogens is 198 g/mol. The fourth-order valence-corrected chi connectivity index (χ4v) is 3.17. The summed E-state index contributed by atoms with van der Waals surface area (Å²) in [5.74, 6) is 0. The Kier molecular flexibility index (Phi) is 2.49. The standard InChI is InChI=1S/C14H19NO/c15-12-9-14(7-4-8-14)13(12)16-10-11-5-2-1-3-6-11/h1-3,5-6,12-13H,4,7-10,15H2. The van der Waals surface area contributed by atoms with Crippen LogP contribution in [0.2, 0.25) is 0 Å². The molecule has 16 heavy (non-hydrogen) atoms. The van der Waals surface area contributed by atoms with Crippen molar-refractivity contribution in [2.75, 3.05) is 0 Å². The van der Waals surface area contributed by atoms with Crippen molar-refractivity contribution in [2.24, 2.45) is 11.1 Å². The molecule has 2 saturated carbocycles. The van der Waals surface area contributed by atoms with Gasteiger partial charge in [-0.25, -0.2) is 0 Å². The van der Waals surface area contributed by atoms with E-state index in [1.165, 1.54) is 31.2 Å². The van der Waals surface area contributed by atoms with Crippen LogP contribution >= 0.6 is 0 Å². The van der Waals surface area contributed by atoms with Crippen LogP contribution in [0.1, 0.15) is 31.2 Å². The van der Waals surface area contributed by atoms with Gasteiger partial charge in [-0.3, -0.25) is 0 Å². The Morgan fingerprint density at radius 3 is 2.56 bits per heavy atom. The fraction of sp³-hybridized carbons (Fsp3) is 0.571. The zero-order valence-electron chi connectivity index (χ0n) is 9.56. The van der Waals surface area contributed by atoms with Gasteiger partial charge in [0.2, 0.25) is 0 Å². The first-order valence-corrected chi connectivity index (χ1v) is 6.21. The zero-order chi connectivity index (χ0) is 11.0. The molecule has 1 aromatic carbocycles. The second-order valence-electron chi connectivity index (χ2n) is 5.30. The van der Waals surface area contributed by atoms with Gasteiger partial charge in [0.1, 0.15) is 0 Å². The summed E-state index contributed by atoms with van der Waals surface area (Å²) in [7, 11) is 0. The average Bonchev–Trinajstić information content (AvgIpc) is 2.24. The molecular formula is C14H19NO. The highest BCUT2D eigenvalue weighted by molar-refractivity contribution is 5.14. The highest BCUT2D eigenvalue weighted by Crippen LogP contribution is 2.56. The molecule has 0 saturated heterocycles. The maximum atomic E-state index is 6.05. The van der Waals surface area contributed by atoms with E-state index < -0.39 is 0 Å². The smallest absolute Gasteiger partial charge is 0.0787 e.